The van der Waals surface area contributed by atoms with Gasteiger partial charge in [-0.15, -0.1) is 12.4 Å². The van der Waals surface area contributed by atoms with Gasteiger partial charge in [0, 0.05) is 30.3 Å². The van der Waals surface area contributed by atoms with E-state index in [1.165, 1.54) is 0 Å². The minimum atomic E-state index is -0.0449. The zero-order valence-electron chi connectivity index (χ0n) is 13.2. The molecule has 1 unspecified atom stereocenters. The molecule has 0 bridgehead atoms. The fraction of sp³-hybridized carbons (Fsp3) is 0.389. The monoisotopic (exact) mass is 335 g/mol. The predicted octanol–water partition coefficient (Wildman–Crippen LogP) is 3.18. The Balaban J connectivity index is 0.00000192. The summed E-state index contributed by atoms with van der Waals surface area (Å²) in [6.45, 7) is 1.73. The van der Waals surface area contributed by atoms with Crippen molar-refractivity contribution >= 4 is 35.2 Å². The Hall–Kier alpha value is -1.78. The number of carbonyl (C=O) groups is 1. The summed E-state index contributed by atoms with van der Waals surface area (Å²) in [6, 6.07) is 10.1. The Labute approximate surface area is 142 Å². The van der Waals surface area contributed by atoms with E-state index in [1.54, 1.807) is 7.11 Å². The maximum Gasteiger partial charge on any atom is 0.125 e. The summed E-state index contributed by atoms with van der Waals surface area (Å²) in [4.78, 5) is 13.3. The number of ether oxygens (including phenoxy) is 1. The van der Waals surface area contributed by atoms with Crippen molar-refractivity contribution in [2.24, 2.45) is 5.92 Å². The van der Waals surface area contributed by atoms with Crippen LogP contribution in [0, 0.1) is 5.92 Å². The number of carbonyl (C=O) groups excluding carboxylic acids is 1. The minimum absolute atomic E-state index is 0. The third-order valence-electron chi connectivity index (χ3n) is 4.47. The fourth-order valence-electron chi connectivity index (χ4n) is 3.27. The molecule has 0 radical (unpaired) electrons. The zero-order valence-corrected chi connectivity index (χ0v) is 14.0. The van der Waals surface area contributed by atoms with Gasteiger partial charge in [0.25, 0.3) is 0 Å². The van der Waals surface area contributed by atoms with E-state index in [0.29, 0.717) is 5.75 Å². The summed E-state index contributed by atoms with van der Waals surface area (Å²) in [5.74, 6) is 0.843. The van der Waals surface area contributed by atoms with Gasteiger partial charge in [0.2, 0.25) is 0 Å². The Bertz CT molecular complexity index is 689. The average molecular weight is 336 g/mol. The molecular weight excluding hydrogens is 314 g/mol. The predicted molar refractivity (Wildman–Crippen MR) is 94.7 cm³/mol. The molecule has 2 aromatic carbocycles. The van der Waals surface area contributed by atoms with Gasteiger partial charge in [-0.25, -0.2) is 0 Å². The van der Waals surface area contributed by atoms with E-state index >= 15 is 0 Å². The topological polar surface area (TPSA) is 49.8 Å². The number of aliphatic hydroxyl groups excluding tert-OH is 1. The number of piperidine rings is 1. The number of nitrogens with zero attached hydrogens (tertiary/aromatic N) is 1. The molecule has 0 spiro atoms. The maximum absolute atomic E-state index is 11.0. The highest BCUT2D eigenvalue weighted by Gasteiger charge is 2.20. The molecule has 0 aromatic heterocycles. The quantitative estimate of drug-likeness (QED) is 0.872. The van der Waals surface area contributed by atoms with Crippen LogP contribution in [-0.2, 0) is 11.4 Å². The highest BCUT2D eigenvalue weighted by Crippen LogP contribution is 2.32. The highest BCUT2D eigenvalue weighted by atomic mass is 35.5. The van der Waals surface area contributed by atoms with Crippen LogP contribution in [0.3, 0.4) is 0 Å². The van der Waals surface area contributed by atoms with Crippen molar-refractivity contribution in [3.05, 3.63) is 35.9 Å². The molecule has 2 aromatic rings. The van der Waals surface area contributed by atoms with E-state index in [0.717, 1.165) is 54.2 Å². The summed E-state index contributed by atoms with van der Waals surface area (Å²) in [5, 5.41) is 11.7. The molecule has 4 nitrogen and oxygen atoms in total. The number of methoxy groups -OCH3 is 1. The van der Waals surface area contributed by atoms with E-state index in [2.05, 4.69) is 17.0 Å². The van der Waals surface area contributed by atoms with Crippen molar-refractivity contribution in [1.29, 1.82) is 0 Å². The van der Waals surface area contributed by atoms with Gasteiger partial charge < -0.3 is 19.5 Å². The molecule has 0 amide bonds. The first kappa shape index (κ1) is 17.6. The first-order valence-electron chi connectivity index (χ1n) is 7.67. The molecule has 1 N–H and O–H groups in total. The number of anilines is 1. The van der Waals surface area contributed by atoms with Gasteiger partial charge in [0.15, 0.2) is 0 Å². The lowest BCUT2D eigenvalue weighted by Crippen LogP contribution is -2.35. The number of benzene rings is 2. The average Bonchev–Trinajstić information content (AvgIpc) is 2.60. The SMILES string of the molecule is COc1ccc2cc(N3CCCC(C=O)C3)ccc2c1CO.Cl. The molecule has 1 aliphatic rings. The van der Waals surface area contributed by atoms with E-state index < -0.39 is 0 Å². The van der Waals surface area contributed by atoms with E-state index in [-0.39, 0.29) is 24.9 Å². The second kappa shape index (κ2) is 7.66. The number of hydrogen-bond donors (Lipinski definition) is 1. The van der Waals surface area contributed by atoms with Crippen molar-refractivity contribution in [1.82, 2.24) is 0 Å². The molecule has 1 atom stereocenters. The fourth-order valence-corrected chi connectivity index (χ4v) is 3.27. The van der Waals surface area contributed by atoms with Crippen LogP contribution in [0.4, 0.5) is 5.69 Å². The molecule has 1 saturated heterocycles. The molecule has 23 heavy (non-hydrogen) atoms. The van der Waals surface area contributed by atoms with E-state index in [4.69, 9.17) is 4.74 Å². The molecular formula is C18H22ClNO3. The molecule has 1 heterocycles. The summed E-state index contributed by atoms with van der Waals surface area (Å²) >= 11 is 0. The number of fused-ring (bicyclic) bond motifs is 1. The van der Waals surface area contributed by atoms with Crippen molar-refractivity contribution in [2.75, 3.05) is 25.1 Å². The highest BCUT2D eigenvalue weighted by molar-refractivity contribution is 5.90. The third-order valence-corrected chi connectivity index (χ3v) is 4.47. The van der Waals surface area contributed by atoms with Crippen molar-refractivity contribution in [2.45, 2.75) is 19.4 Å². The standard InChI is InChI=1S/C18H21NO3.ClH/c1-22-18-7-4-14-9-15(5-6-16(14)17(18)12-21)19-8-2-3-13(10-19)11-20;/h4-7,9,11,13,21H,2-3,8,10,12H2,1H3;1H. The molecule has 124 valence electrons. The van der Waals surface area contributed by atoms with Crippen LogP contribution in [0.1, 0.15) is 18.4 Å². The van der Waals surface area contributed by atoms with Crippen LogP contribution in [0.15, 0.2) is 30.3 Å². The van der Waals surface area contributed by atoms with Gasteiger partial charge >= 0.3 is 0 Å². The Morgan fingerprint density at radius 3 is 2.87 bits per heavy atom. The van der Waals surface area contributed by atoms with E-state index in [1.807, 2.05) is 18.2 Å². The third kappa shape index (κ3) is 3.43. The Kier molecular flexibility index (Phi) is 5.85. The normalized spacial score (nSPS) is 17.7. The number of aliphatic hydroxyl groups is 1. The summed E-state index contributed by atoms with van der Waals surface area (Å²) in [7, 11) is 1.61. The lowest BCUT2D eigenvalue weighted by Gasteiger charge is -2.32. The summed E-state index contributed by atoms with van der Waals surface area (Å²) in [6.07, 6.45) is 3.10. The zero-order chi connectivity index (χ0) is 15.5. The van der Waals surface area contributed by atoms with Crippen LogP contribution < -0.4 is 9.64 Å². The first-order valence-corrected chi connectivity index (χ1v) is 7.67. The van der Waals surface area contributed by atoms with Crippen LogP contribution in [0.25, 0.3) is 10.8 Å². The smallest absolute Gasteiger partial charge is 0.125 e. The second-order valence-electron chi connectivity index (χ2n) is 5.79. The van der Waals surface area contributed by atoms with Gasteiger partial charge in [0.1, 0.15) is 12.0 Å². The van der Waals surface area contributed by atoms with Gasteiger partial charge in [-0.1, -0.05) is 12.1 Å². The van der Waals surface area contributed by atoms with Crippen molar-refractivity contribution < 1.29 is 14.6 Å². The molecule has 0 saturated carbocycles. The van der Waals surface area contributed by atoms with Crippen LogP contribution in [-0.4, -0.2) is 31.6 Å². The molecule has 3 rings (SSSR count). The number of hydrogen-bond acceptors (Lipinski definition) is 4. The Morgan fingerprint density at radius 1 is 1.35 bits per heavy atom. The van der Waals surface area contributed by atoms with Crippen LogP contribution in [0.2, 0.25) is 0 Å². The van der Waals surface area contributed by atoms with Crippen LogP contribution >= 0.6 is 12.4 Å². The summed E-state index contributed by atoms with van der Waals surface area (Å²) < 4.78 is 5.31. The first-order chi connectivity index (χ1) is 10.8. The molecule has 5 heteroatoms. The van der Waals surface area contributed by atoms with Gasteiger partial charge in [-0.3, -0.25) is 0 Å². The van der Waals surface area contributed by atoms with Gasteiger partial charge in [-0.05, 0) is 41.8 Å². The van der Waals surface area contributed by atoms with Gasteiger partial charge in [0.05, 0.1) is 13.7 Å². The molecule has 1 fully saturated rings. The second-order valence-corrected chi connectivity index (χ2v) is 5.79. The lowest BCUT2D eigenvalue weighted by molar-refractivity contribution is -0.111. The minimum Gasteiger partial charge on any atom is -0.496 e. The van der Waals surface area contributed by atoms with Crippen LogP contribution in [0.5, 0.6) is 5.75 Å². The number of rotatable bonds is 4. The molecule has 0 aliphatic carbocycles. The number of halogens is 1. The number of aldehydes is 1. The van der Waals surface area contributed by atoms with Crippen molar-refractivity contribution in [3.63, 3.8) is 0 Å². The maximum atomic E-state index is 11.0. The van der Waals surface area contributed by atoms with Crippen molar-refractivity contribution in [3.8, 4) is 5.75 Å². The summed E-state index contributed by atoms with van der Waals surface area (Å²) in [5.41, 5.74) is 1.95. The molecule has 1 aliphatic heterocycles. The van der Waals surface area contributed by atoms with Gasteiger partial charge in [-0.2, -0.15) is 0 Å². The lowest BCUT2D eigenvalue weighted by atomic mass is 9.98. The Morgan fingerprint density at radius 2 is 2.17 bits per heavy atom. The van der Waals surface area contributed by atoms with E-state index in [9.17, 15) is 9.90 Å². The largest absolute Gasteiger partial charge is 0.496 e.